The Kier molecular flexibility index (Phi) is 15.5. The largest absolute Gasteiger partial charge is 0.444 e. The lowest BCUT2D eigenvalue weighted by atomic mass is 9.86. The van der Waals surface area contributed by atoms with Crippen LogP contribution in [0.4, 0.5) is 9.59 Å². The summed E-state index contributed by atoms with van der Waals surface area (Å²) in [5, 5.41) is 25.0. The summed E-state index contributed by atoms with van der Waals surface area (Å²) in [5.74, 6) is 2.86. The first-order chi connectivity index (χ1) is 22.4. The van der Waals surface area contributed by atoms with Gasteiger partial charge < -0.3 is 34.8 Å². The number of alkyl halides is 1. The molecule has 278 valence electrons. The van der Waals surface area contributed by atoms with Crippen LogP contribution in [0.2, 0.25) is 0 Å². The molecule has 3 saturated carbocycles. The molecule has 0 unspecified atom stereocenters. The van der Waals surface area contributed by atoms with E-state index in [9.17, 15) is 24.6 Å². The fourth-order valence-corrected chi connectivity index (χ4v) is 6.64. The number of Topliss-reactive ketones (excluding diaryl/α,β-unsaturated/α-hetero) is 1. The molecule has 0 bridgehead atoms. The average Bonchev–Trinajstić information content (AvgIpc) is 3.82. The number of hydrogen-bond acceptors (Lipinski definition) is 8. The van der Waals surface area contributed by atoms with Crippen molar-refractivity contribution in [1.29, 1.82) is 0 Å². The van der Waals surface area contributed by atoms with Crippen molar-refractivity contribution in [3.8, 4) is 0 Å². The second-order valence-corrected chi connectivity index (χ2v) is 17.7. The summed E-state index contributed by atoms with van der Waals surface area (Å²) in [6.45, 7) is 15.3. The number of ether oxygens (including phenoxy) is 2. The smallest absolute Gasteiger partial charge is 0.410 e. The van der Waals surface area contributed by atoms with E-state index < -0.39 is 16.8 Å². The maximum absolute atomic E-state index is 11.9. The molecular weight excluding hydrogens is 678 g/mol. The number of rotatable bonds is 5. The van der Waals surface area contributed by atoms with E-state index in [0.29, 0.717) is 51.9 Å². The lowest BCUT2D eigenvalue weighted by Gasteiger charge is -2.38. The normalized spacial score (nSPS) is 23.6. The molecule has 0 aromatic heterocycles. The lowest BCUT2D eigenvalue weighted by Crippen LogP contribution is -2.48. The summed E-state index contributed by atoms with van der Waals surface area (Å²) in [7, 11) is 0. The van der Waals surface area contributed by atoms with Crippen LogP contribution in [0, 0.1) is 17.8 Å². The number of hydrogen-bond donors (Lipinski definition) is 3. The van der Waals surface area contributed by atoms with Gasteiger partial charge >= 0.3 is 12.2 Å². The third-order valence-electron chi connectivity index (χ3n) is 9.50. The van der Waals surface area contributed by atoms with E-state index in [1.807, 2.05) is 41.5 Å². The standard InChI is InChI=1S/C14H25NO3.C10H17NO3.C9H17NO.C4H7Br/c1-13(2,3)18-12(16)15-8-6-14(17,7-9-15)10-11-4-5-11;1-10(2,3)14-9(13)11-6-4-8(12)5-7-11;11-9(7-8-1-2-8)3-5-10-6-4-9;5-3-4-1-2-4/h11,17H,4-10H2,1-3H3;4-7H2,1-3H3;8,10-11H,1-7H2;4H,1-3H2. The number of piperidine rings is 3. The Balaban J connectivity index is 0.000000186. The highest BCUT2D eigenvalue weighted by atomic mass is 79.9. The third kappa shape index (κ3) is 17.5. The van der Waals surface area contributed by atoms with E-state index in [2.05, 4.69) is 21.2 Å². The molecule has 6 rings (SSSR count). The van der Waals surface area contributed by atoms with Gasteiger partial charge in [0.2, 0.25) is 0 Å². The van der Waals surface area contributed by atoms with Crippen molar-refractivity contribution in [3.05, 3.63) is 0 Å². The summed E-state index contributed by atoms with van der Waals surface area (Å²) >= 11 is 3.38. The lowest BCUT2D eigenvalue weighted by molar-refractivity contribution is -0.121. The van der Waals surface area contributed by atoms with Gasteiger partial charge in [-0.2, -0.15) is 0 Å². The Morgan fingerprint density at radius 2 is 1.08 bits per heavy atom. The van der Waals surface area contributed by atoms with Crippen LogP contribution in [0.5, 0.6) is 0 Å². The van der Waals surface area contributed by atoms with E-state index in [0.717, 1.165) is 56.5 Å². The summed E-state index contributed by atoms with van der Waals surface area (Å²) in [6.07, 6.45) is 13.8. The zero-order valence-corrected chi connectivity index (χ0v) is 32.4. The summed E-state index contributed by atoms with van der Waals surface area (Å²) in [5.41, 5.74) is -1.75. The maximum Gasteiger partial charge on any atom is 0.410 e. The van der Waals surface area contributed by atoms with Crippen LogP contribution >= 0.6 is 15.9 Å². The minimum atomic E-state index is -0.542. The van der Waals surface area contributed by atoms with Crippen LogP contribution in [0.15, 0.2) is 0 Å². The first-order valence-corrected chi connectivity index (χ1v) is 19.7. The van der Waals surface area contributed by atoms with Crippen LogP contribution < -0.4 is 5.32 Å². The van der Waals surface area contributed by atoms with Crippen LogP contribution in [0.25, 0.3) is 0 Å². The van der Waals surface area contributed by atoms with E-state index in [4.69, 9.17) is 9.47 Å². The first-order valence-electron chi connectivity index (χ1n) is 18.6. The van der Waals surface area contributed by atoms with Crippen molar-refractivity contribution >= 4 is 33.9 Å². The van der Waals surface area contributed by atoms with Crippen molar-refractivity contribution in [2.24, 2.45) is 17.8 Å². The molecule has 6 aliphatic rings. The molecule has 3 saturated heterocycles. The highest BCUT2D eigenvalue weighted by Crippen LogP contribution is 2.41. The van der Waals surface area contributed by atoms with E-state index in [1.54, 1.807) is 9.80 Å². The Bertz CT molecular complexity index is 1010. The molecule has 0 aromatic carbocycles. The van der Waals surface area contributed by atoms with Crippen molar-refractivity contribution in [1.82, 2.24) is 15.1 Å². The van der Waals surface area contributed by atoms with Crippen molar-refractivity contribution in [2.45, 2.75) is 154 Å². The highest BCUT2D eigenvalue weighted by molar-refractivity contribution is 9.09. The summed E-state index contributed by atoms with van der Waals surface area (Å²) in [6, 6.07) is 0. The zero-order valence-electron chi connectivity index (χ0n) is 30.8. The fraction of sp³-hybridized carbons (Fsp3) is 0.919. The summed E-state index contributed by atoms with van der Waals surface area (Å²) < 4.78 is 10.5. The minimum absolute atomic E-state index is 0.227. The second kappa shape index (κ2) is 18.2. The van der Waals surface area contributed by atoms with Gasteiger partial charge in [0.05, 0.1) is 11.2 Å². The molecule has 48 heavy (non-hydrogen) atoms. The summed E-state index contributed by atoms with van der Waals surface area (Å²) in [4.78, 5) is 37.6. The Hall–Kier alpha value is -1.43. The van der Waals surface area contributed by atoms with Crippen LogP contribution in [0.3, 0.4) is 0 Å². The number of aliphatic hydroxyl groups is 2. The second-order valence-electron chi connectivity index (χ2n) is 17.1. The van der Waals surface area contributed by atoms with Gasteiger partial charge in [0, 0.05) is 44.4 Å². The van der Waals surface area contributed by atoms with E-state index in [1.165, 1.54) is 43.9 Å². The van der Waals surface area contributed by atoms with Gasteiger partial charge in [0.15, 0.2) is 0 Å². The molecule has 10 nitrogen and oxygen atoms in total. The van der Waals surface area contributed by atoms with Crippen molar-refractivity contribution in [2.75, 3.05) is 44.6 Å². The SMILES string of the molecule is BrCC1CC1.CC(C)(C)OC(=O)N1CCC(=O)CC1.CC(C)(C)OC(=O)N1CCC(O)(CC2CC2)CC1.OC1(CC2CC2)CCNCC1. The van der Waals surface area contributed by atoms with Gasteiger partial charge in [-0.25, -0.2) is 9.59 Å². The van der Waals surface area contributed by atoms with Gasteiger partial charge in [0.1, 0.15) is 17.0 Å². The third-order valence-corrected chi connectivity index (χ3v) is 10.4. The molecule has 3 aliphatic carbocycles. The van der Waals surface area contributed by atoms with E-state index in [-0.39, 0.29) is 23.6 Å². The molecule has 6 fully saturated rings. The first kappa shape index (κ1) is 41.0. The predicted molar refractivity (Wildman–Crippen MR) is 192 cm³/mol. The van der Waals surface area contributed by atoms with Crippen LogP contribution in [0.1, 0.15) is 131 Å². The topological polar surface area (TPSA) is 129 Å². The van der Waals surface area contributed by atoms with Gasteiger partial charge in [-0.3, -0.25) is 4.79 Å². The average molecular weight is 745 g/mol. The molecule has 0 radical (unpaired) electrons. The highest BCUT2D eigenvalue weighted by Gasteiger charge is 2.39. The van der Waals surface area contributed by atoms with Gasteiger partial charge in [0.25, 0.3) is 0 Å². The quantitative estimate of drug-likeness (QED) is 0.262. The van der Waals surface area contributed by atoms with Crippen LogP contribution in [-0.2, 0) is 14.3 Å². The number of carbonyl (C=O) groups is 3. The predicted octanol–water partition coefficient (Wildman–Crippen LogP) is 6.83. The van der Waals surface area contributed by atoms with Gasteiger partial charge in [-0.05, 0) is 124 Å². The molecule has 0 aromatic rings. The number of halogens is 1. The van der Waals surface area contributed by atoms with Crippen LogP contribution in [-0.4, -0.2) is 105 Å². The Morgan fingerprint density at radius 3 is 1.42 bits per heavy atom. The Labute approximate surface area is 298 Å². The number of ketones is 1. The number of nitrogens with one attached hydrogen (secondary N) is 1. The van der Waals surface area contributed by atoms with Crippen molar-refractivity contribution < 1.29 is 34.1 Å². The molecule has 3 heterocycles. The van der Waals surface area contributed by atoms with Crippen molar-refractivity contribution in [3.63, 3.8) is 0 Å². The molecule has 0 spiro atoms. The molecule has 11 heteroatoms. The fourth-order valence-electron chi connectivity index (χ4n) is 5.99. The molecular formula is C37H66BrN3O7. The monoisotopic (exact) mass is 743 g/mol. The van der Waals surface area contributed by atoms with E-state index >= 15 is 0 Å². The Morgan fingerprint density at radius 1 is 0.708 bits per heavy atom. The maximum atomic E-state index is 11.9. The number of carbonyl (C=O) groups excluding carboxylic acids is 3. The molecule has 3 aliphatic heterocycles. The molecule has 3 N–H and O–H groups in total. The molecule has 2 amide bonds. The molecule has 0 atom stereocenters. The zero-order chi connectivity index (χ0) is 35.6. The number of likely N-dealkylation sites (tertiary alicyclic amines) is 2. The van der Waals surface area contributed by atoms with Gasteiger partial charge in [-0.15, -0.1) is 0 Å². The number of nitrogens with zero attached hydrogens (tertiary/aromatic N) is 2. The van der Waals surface area contributed by atoms with Gasteiger partial charge in [-0.1, -0.05) is 41.6 Å². The number of amides is 2. The minimum Gasteiger partial charge on any atom is -0.444 e.